The normalized spacial score (nSPS) is 17.7. The van der Waals surface area contributed by atoms with Crippen molar-refractivity contribution in [3.05, 3.63) is 94.2 Å². The number of aliphatic hydroxyl groups excluding tert-OH is 1. The van der Waals surface area contributed by atoms with Gasteiger partial charge in [0.2, 0.25) is 0 Å². The summed E-state index contributed by atoms with van der Waals surface area (Å²) in [6, 6.07) is 12.8. The number of carbonyl (C=O) groups is 2. The average Bonchev–Trinajstić information content (AvgIpc) is 3.40. The van der Waals surface area contributed by atoms with Crippen LogP contribution in [0.25, 0.3) is 5.76 Å². The molecule has 32 heavy (non-hydrogen) atoms. The van der Waals surface area contributed by atoms with Gasteiger partial charge in [-0.05, 0) is 54.4 Å². The standard InChI is InChI=1S/C24H19ClFNO5/c1-31-18-9-6-15(13-17(18)25)22(28)20-21(19-3-2-12-32-19)27(24(30)23(20)29)11-10-14-4-7-16(26)8-5-14/h2-9,12-13,21,28H,10-11H2,1H3/b22-20-. The predicted octanol–water partition coefficient (Wildman–Crippen LogP) is 4.75. The zero-order valence-corrected chi connectivity index (χ0v) is 17.8. The highest BCUT2D eigenvalue weighted by Crippen LogP contribution is 2.40. The second-order valence-electron chi connectivity index (χ2n) is 7.23. The van der Waals surface area contributed by atoms with Gasteiger partial charge in [0, 0.05) is 12.1 Å². The number of carbonyl (C=O) groups excluding carboxylic acids is 2. The quantitative estimate of drug-likeness (QED) is 0.330. The van der Waals surface area contributed by atoms with Gasteiger partial charge in [-0.15, -0.1) is 0 Å². The lowest BCUT2D eigenvalue weighted by molar-refractivity contribution is -0.140. The summed E-state index contributed by atoms with van der Waals surface area (Å²) < 4.78 is 23.8. The molecule has 1 aliphatic heterocycles. The molecule has 6 nitrogen and oxygen atoms in total. The molecule has 1 fully saturated rings. The average molecular weight is 456 g/mol. The third-order valence-corrected chi connectivity index (χ3v) is 5.63. The lowest BCUT2D eigenvalue weighted by Crippen LogP contribution is -2.31. The first kappa shape index (κ1) is 21.6. The zero-order chi connectivity index (χ0) is 22.8. The minimum absolute atomic E-state index is 0.0923. The maximum Gasteiger partial charge on any atom is 0.295 e. The van der Waals surface area contributed by atoms with Crippen LogP contribution >= 0.6 is 11.6 Å². The number of halogens is 2. The van der Waals surface area contributed by atoms with Crippen LogP contribution in [0.2, 0.25) is 5.02 Å². The fourth-order valence-corrected chi connectivity index (χ4v) is 3.98. The van der Waals surface area contributed by atoms with Crippen LogP contribution in [0.15, 0.2) is 70.9 Å². The molecule has 0 saturated carbocycles. The van der Waals surface area contributed by atoms with Crippen LogP contribution in [0.4, 0.5) is 4.39 Å². The van der Waals surface area contributed by atoms with Crippen LogP contribution in [0.1, 0.15) is 22.9 Å². The summed E-state index contributed by atoms with van der Waals surface area (Å²) in [5.41, 5.74) is 0.975. The summed E-state index contributed by atoms with van der Waals surface area (Å²) in [6.07, 6.45) is 1.82. The topological polar surface area (TPSA) is 80.0 Å². The second-order valence-corrected chi connectivity index (χ2v) is 7.64. The van der Waals surface area contributed by atoms with Crippen molar-refractivity contribution in [1.29, 1.82) is 0 Å². The van der Waals surface area contributed by atoms with Gasteiger partial charge in [-0.25, -0.2) is 4.39 Å². The van der Waals surface area contributed by atoms with Gasteiger partial charge in [0.1, 0.15) is 29.1 Å². The molecule has 0 radical (unpaired) electrons. The molecule has 4 rings (SSSR count). The molecule has 0 spiro atoms. The Labute approximate surface area is 188 Å². The highest BCUT2D eigenvalue weighted by molar-refractivity contribution is 6.46. The van der Waals surface area contributed by atoms with Crippen molar-refractivity contribution in [3.63, 3.8) is 0 Å². The van der Waals surface area contributed by atoms with Crippen molar-refractivity contribution < 1.29 is 28.2 Å². The van der Waals surface area contributed by atoms with Crippen LogP contribution < -0.4 is 4.74 Å². The molecule has 8 heteroatoms. The Hall–Kier alpha value is -3.58. The van der Waals surface area contributed by atoms with Crippen LogP contribution in [-0.4, -0.2) is 35.4 Å². The van der Waals surface area contributed by atoms with Gasteiger partial charge >= 0.3 is 0 Å². The number of hydrogen-bond acceptors (Lipinski definition) is 5. The van der Waals surface area contributed by atoms with Gasteiger partial charge < -0.3 is 19.2 Å². The molecule has 3 aromatic rings. The number of nitrogens with zero attached hydrogens (tertiary/aromatic N) is 1. The molecule has 1 amide bonds. The molecule has 0 bridgehead atoms. The molecule has 0 aliphatic carbocycles. The third kappa shape index (κ3) is 3.99. The summed E-state index contributed by atoms with van der Waals surface area (Å²) in [6.45, 7) is 0.168. The Morgan fingerprint density at radius 1 is 1.19 bits per heavy atom. The maximum atomic E-state index is 13.2. The Kier molecular flexibility index (Phi) is 6.01. The summed E-state index contributed by atoms with van der Waals surface area (Å²) in [7, 11) is 1.46. The zero-order valence-electron chi connectivity index (χ0n) is 17.0. The molecule has 2 aromatic carbocycles. The molecule has 1 unspecified atom stereocenters. The Balaban J connectivity index is 1.73. The van der Waals surface area contributed by atoms with Crippen LogP contribution in [-0.2, 0) is 16.0 Å². The van der Waals surface area contributed by atoms with Crippen LogP contribution in [0.5, 0.6) is 5.75 Å². The first-order chi connectivity index (χ1) is 15.4. The van der Waals surface area contributed by atoms with Gasteiger partial charge in [0.05, 0.1) is 24.0 Å². The van der Waals surface area contributed by atoms with E-state index in [1.165, 1.54) is 36.5 Å². The second kappa shape index (κ2) is 8.88. The van der Waals surface area contributed by atoms with Crippen molar-refractivity contribution in [3.8, 4) is 5.75 Å². The van der Waals surface area contributed by atoms with Crippen molar-refractivity contribution in [2.75, 3.05) is 13.7 Å². The predicted molar refractivity (Wildman–Crippen MR) is 116 cm³/mol. The number of aliphatic hydroxyl groups is 1. The number of likely N-dealkylation sites (tertiary alicyclic amines) is 1. The fourth-order valence-electron chi connectivity index (χ4n) is 3.72. The number of benzene rings is 2. The Bertz CT molecular complexity index is 1190. The van der Waals surface area contributed by atoms with Crippen molar-refractivity contribution >= 4 is 29.1 Å². The van der Waals surface area contributed by atoms with E-state index in [9.17, 15) is 19.1 Å². The van der Waals surface area contributed by atoms with E-state index < -0.39 is 17.7 Å². The monoisotopic (exact) mass is 455 g/mol. The lowest BCUT2D eigenvalue weighted by atomic mass is 9.99. The van der Waals surface area contributed by atoms with Crippen molar-refractivity contribution in [2.24, 2.45) is 0 Å². The molecule has 2 heterocycles. The smallest absolute Gasteiger partial charge is 0.295 e. The van der Waals surface area contributed by atoms with Crippen LogP contribution in [0, 0.1) is 5.82 Å². The highest BCUT2D eigenvalue weighted by atomic mass is 35.5. The summed E-state index contributed by atoms with van der Waals surface area (Å²) >= 11 is 6.17. The summed E-state index contributed by atoms with van der Waals surface area (Å²) in [5.74, 6) is -1.55. The van der Waals surface area contributed by atoms with E-state index in [4.69, 9.17) is 20.8 Å². The molecule has 1 N–H and O–H groups in total. The number of ketones is 1. The van der Waals surface area contributed by atoms with Gasteiger partial charge in [-0.1, -0.05) is 23.7 Å². The third-order valence-electron chi connectivity index (χ3n) is 5.33. The highest BCUT2D eigenvalue weighted by Gasteiger charge is 2.47. The molecular formula is C24H19ClFNO5. The van der Waals surface area contributed by atoms with Gasteiger partial charge in [-0.3, -0.25) is 9.59 Å². The molecular weight excluding hydrogens is 437 g/mol. The number of Topliss-reactive ketones (excluding diaryl/α,β-unsaturated/α-hetero) is 1. The maximum absolute atomic E-state index is 13.2. The Morgan fingerprint density at radius 2 is 1.94 bits per heavy atom. The number of ether oxygens (including phenoxy) is 1. The first-order valence-corrected chi connectivity index (χ1v) is 10.2. The lowest BCUT2D eigenvalue weighted by Gasteiger charge is -2.23. The SMILES string of the molecule is COc1ccc(/C(O)=C2/C(=O)C(=O)N(CCc3ccc(F)cc3)C2c2ccco2)cc1Cl. The fraction of sp³-hybridized carbons (Fsp3) is 0.167. The molecule has 1 aliphatic rings. The number of amides is 1. The molecule has 1 atom stereocenters. The van der Waals surface area contributed by atoms with E-state index in [2.05, 4.69) is 0 Å². The molecule has 164 valence electrons. The summed E-state index contributed by atoms with van der Waals surface area (Å²) in [4.78, 5) is 27.2. The van der Waals surface area contributed by atoms with E-state index in [0.717, 1.165) is 5.56 Å². The molecule has 1 saturated heterocycles. The van der Waals surface area contributed by atoms with Crippen molar-refractivity contribution in [2.45, 2.75) is 12.5 Å². The number of furan rings is 1. The van der Waals surface area contributed by atoms with Crippen LogP contribution in [0.3, 0.4) is 0 Å². The van der Waals surface area contributed by atoms with Gasteiger partial charge in [0.25, 0.3) is 11.7 Å². The molecule has 1 aromatic heterocycles. The minimum atomic E-state index is -0.911. The van der Waals surface area contributed by atoms with Gasteiger partial charge in [0.15, 0.2) is 0 Å². The Morgan fingerprint density at radius 3 is 2.56 bits per heavy atom. The first-order valence-electron chi connectivity index (χ1n) is 9.81. The largest absolute Gasteiger partial charge is 0.507 e. The number of hydrogen-bond donors (Lipinski definition) is 1. The van der Waals surface area contributed by atoms with E-state index in [-0.39, 0.29) is 34.3 Å². The van der Waals surface area contributed by atoms with Gasteiger partial charge in [-0.2, -0.15) is 0 Å². The minimum Gasteiger partial charge on any atom is -0.507 e. The summed E-state index contributed by atoms with van der Waals surface area (Å²) in [5, 5.41) is 11.2. The van der Waals surface area contributed by atoms with E-state index in [0.29, 0.717) is 17.9 Å². The van der Waals surface area contributed by atoms with Crippen molar-refractivity contribution in [1.82, 2.24) is 4.90 Å². The number of methoxy groups -OCH3 is 1. The van der Waals surface area contributed by atoms with E-state index >= 15 is 0 Å². The van der Waals surface area contributed by atoms with E-state index in [1.807, 2.05) is 0 Å². The number of rotatable bonds is 6. The van der Waals surface area contributed by atoms with E-state index in [1.54, 1.807) is 36.4 Å².